The number of esters is 1. The Kier molecular flexibility index (Phi) is 7.85. The van der Waals surface area contributed by atoms with Crippen LogP contribution >= 0.6 is 0 Å². The molecule has 0 saturated heterocycles. The van der Waals surface area contributed by atoms with E-state index in [-0.39, 0.29) is 5.97 Å². The summed E-state index contributed by atoms with van der Waals surface area (Å²) in [4.78, 5) is 15.5. The van der Waals surface area contributed by atoms with Crippen LogP contribution in [0, 0.1) is 0 Å². The molecule has 0 fully saturated rings. The van der Waals surface area contributed by atoms with Crippen molar-refractivity contribution in [3.8, 4) is 0 Å². The Morgan fingerprint density at radius 2 is 1.88 bits per heavy atom. The van der Waals surface area contributed by atoms with E-state index in [4.69, 9.17) is 0 Å². The van der Waals surface area contributed by atoms with Crippen molar-refractivity contribution in [1.82, 2.24) is 9.80 Å². The van der Waals surface area contributed by atoms with Crippen molar-refractivity contribution in [3.05, 3.63) is 11.6 Å². The fraction of sp³-hybridized carbons (Fsp3) is 0.750. The second kappa shape index (κ2) is 8.30. The van der Waals surface area contributed by atoms with Crippen LogP contribution in [-0.2, 0) is 9.53 Å². The van der Waals surface area contributed by atoms with Crippen LogP contribution in [0.1, 0.15) is 13.3 Å². The zero-order chi connectivity index (χ0) is 12.6. The molecule has 0 atom stereocenters. The van der Waals surface area contributed by atoms with Crippen LogP contribution in [0.2, 0.25) is 0 Å². The molecule has 0 aliphatic rings. The van der Waals surface area contributed by atoms with Crippen LogP contribution in [-0.4, -0.2) is 63.7 Å². The molecule has 0 spiro atoms. The van der Waals surface area contributed by atoms with Crippen molar-refractivity contribution in [1.29, 1.82) is 0 Å². The highest BCUT2D eigenvalue weighted by Crippen LogP contribution is 1.97. The van der Waals surface area contributed by atoms with E-state index in [9.17, 15) is 4.79 Å². The Hall–Kier alpha value is -0.870. The van der Waals surface area contributed by atoms with Gasteiger partial charge in [0, 0.05) is 12.1 Å². The van der Waals surface area contributed by atoms with E-state index < -0.39 is 0 Å². The number of carbonyl (C=O) groups excluding carboxylic acids is 1. The largest absolute Gasteiger partial charge is 0.466 e. The number of nitrogens with zero attached hydrogens (tertiary/aromatic N) is 2. The van der Waals surface area contributed by atoms with Crippen LogP contribution < -0.4 is 0 Å². The maximum atomic E-state index is 11.1. The molecular weight excluding hydrogens is 204 g/mol. The van der Waals surface area contributed by atoms with Crippen molar-refractivity contribution in [2.75, 3.05) is 47.9 Å². The summed E-state index contributed by atoms with van der Waals surface area (Å²) in [7, 11) is 7.60. The van der Waals surface area contributed by atoms with Gasteiger partial charge in [0.2, 0.25) is 0 Å². The smallest absolute Gasteiger partial charge is 0.333 e. The Balaban J connectivity index is 3.79. The number of carbonyl (C=O) groups is 1. The minimum Gasteiger partial charge on any atom is -0.466 e. The number of hydrogen-bond donors (Lipinski definition) is 0. The Morgan fingerprint density at radius 1 is 1.25 bits per heavy atom. The molecule has 0 amide bonds. The van der Waals surface area contributed by atoms with Crippen molar-refractivity contribution in [2.24, 2.45) is 0 Å². The molecule has 0 unspecified atom stereocenters. The fourth-order valence-corrected chi connectivity index (χ4v) is 1.29. The molecule has 4 heteroatoms. The molecule has 0 aromatic rings. The third kappa shape index (κ3) is 7.43. The molecule has 0 bridgehead atoms. The third-order valence-electron chi connectivity index (χ3n) is 2.36. The van der Waals surface area contributed by atoms with Gasteiger partial charge in [0.05, 0.1) is 7.11 Å². The van der Waals surface area contributed by atoms with Gasteiger partial charge in [-0.25, -0.2) is 4.79 Å². The summed E-state index contributed by atoms with van der Waals surface area (Å²) >= 11 is 0. The molecule has 0 aliphatic heterocycles. The summed E-state index contributed by atoms with van der Waals surface area (Å²) in [5.74, 6) is -0.248. The SMILES string of the molecule is COC(=O)C(C)=CCN(C)CCCN(C)C. The van der Waals surface area contributed by atoms with E-state index in [2.05, 4.69) is 35.7 Å². The van der Waals surface area contributed by atoms with Gasteiger partial charge in [-0.1, -0.05) is 6.08 Å². The summed E-state index contributed by atoms with van der Waals surface area (Å²) in [6, 6.07) is 0. The lowest BCUT2D eigenvalue weighted by atomic mass is 10.2. The molecule has 0 radical (unpaired) electrons. The van der Waals surface area contributed by atoms with E-state index in [1.165, 1.54) is 7.11 Å². The lowest BCUT2D eigenvalue weighted by molar-refractivity contribution is -0.136. The molecule has 0 N–H and O–H groups in total. The highest BCUT2D eigenvalue weighted by Gasteiger charge is 2.03. The monoisotopic (exact) mass is 228 g/mol. The predicted molar refractivity (Wildman–Crippen MR) is 66.4 cm³/mol. The average Bonchev–Trinajstić information content (AvgIpc) is 2.24. The molecular formula is C12H24N2O2. The summed E-state index contributed by atoms with van der Waals surface area (Å²) in [5, 5.41) is 0. The molecule has 16 heavy (non-hydrogen) atoms. The Labute approximate surface area is 98.9 Å². The van der Waals surface area contributed by atoms with Crippen molar-refractivity contribution >= 4 is 5.97 Å². The van der Waals surface area contributed by atoms with Gasteiger partial charge in [-0.2, -0.15) is 0 Å². The van der Waals surface area contributed by atoms with E-state index in [1.807, 2.05) is 6.08 Å². The van der Waals surface area contributed by atoms with Crippen molar-refractivity contribution in [3.63, 3.8) is 0 Å². The number of methoxy groups -OCH3 is 1. The number of ether oxygens (including phenoxy) is 1. The predicted octanol–water partition coefficient (Wildman–Crippen LogP) is 0.989. The van der Waals surface area contributed by atoms with Gasteiger partial charge < -0.3 is 14.5 Å². The topological polar surface area (TPSA) is 32.8 Å². The maximum absolute atomic E-state index is 11.1. The second-order valence-electron chi connectivity index (χ2n) is 4.30. The molecule has 0 aliphatic carbocycles. The molecule has 94 valence electrons. The van der Waals surface area contributed by atoms with Gasteiger partial charge in [-0.15, -0.1) is 0 Å². The Morgan fingerprint density at radius 3 is 2.38 bits per heavy atom. The first kappa shape index (κ1) is 15.1. The number of hydrogen-bond acceptors (Lipinski definition) is 4. The molecule has 0 aromatic heterocycles. The van der Waals surface area contributed by atoms with E-state index in [0.29, 0.717) is 5.57 Å². The average molecular weight is 228 g/mol. The van der Waals surface area contributed by atoms with Crippen LogP contribution in [0.5, 0.6) is 0 Å². The van der Waals surface area contributed by atoms with Gasteiger partial charge >= 0.3 is 5.97 Å². The number of rotatable bonds is 7. The summed E-state index contributed by atoms with van der Waals surface area (Å²) < 4.78 is 4.62. The molecule has 0 saturated carbocycles. The summed E-state index contributed by atoms with van der Waals surface area (Å²) in [5.41, 5.74) is 0.668. The first-order valence-corrected chi connectivity index (χ1v) is 5.55. The van der Waals surface area contributed by atoms with Gasteiger partial charge in [0.1, 0.15) is 0 Å². The quantitative estimate of drug-likeness (QED) is 0.480. The van der Waals surface area contributed by atoms with Crippen LogP contribution in [0.25, 0.3) is 0 Å². The molecule has 0 heterocycles. The second-order valence-corrected chi connectivity index (χ2v) is 4.30. The van der Waals surface area contributed by atoms with Gasteiger partial charge in [0.15, 0.2) is 0 Å². The molecule has 0 rings (SSSR count). The summed E-state index contributed by atoms with van der Waals surface area (Å²) in [6.45, 7) is 4.68. The molecule has 0 aromatic carbocycles. The minimum atomic E-state index is -0.248. The zero-order valence-electron chi connectivity index (χ0n) is 11.1. The first-order valence-electron chi connectivity index (χ1n) is 5.55. The van der Waals surface area contributed by atoms with Crippen molar-refractivity contribution < 1.29 is 9.53 Å². The standard InChI is InChI=1S/C12H24N2O2/c1-11(12(15)16-5)7-10-14(4)9-6-8-13(2)3/h7H,6,8-10H2,1-5H3. The number of likely N-dealkylation sites (N-methyl/N-ethyl adjacent to an activating group) is 1. The fourth-order valence-electron chi connectivity index (χ4n) is 1.29. The van der Waals surface area contributed by atoms with E-state index in [1.54, 1.807) is 6.92 Å². The van der Waals surface area contributed by atoms with E-state index in [0.717, 1.165) is 26.1 Å². The van der Waals surface area contributed by atoms with Crippen molar-refractivity contribution in [2.45, 2.75) is 13.3 Å². The van der Waals surface area contributed by atoms with E-state index >= 15 is 0 Å². The maximum Gasteiger partial charge on any atom is 0.333 e. The normalized spacial score (nSPS) is 12.3. The first-order chi connectivity index (χ1) is 7.47. The molecule has 4 nitrogen and oxygen atoms in total. The van der Waals surface area contributed by atoms with Crippen LogP contribution in [0.3, 0.4) is 0 Å². The van der Waals surface area contributed by atoms with Gasteiger partial charge in [-0.05, 0) is 47.6 Å². The zero-order valence-corrected chi connectivity index (χ0v) is 11.1. The Bertz CT molecular complexity index is 237. The lowest BCUT2D eigenvalue weighted by Gasteiger charge is -2.16. The lowest BCUT2D eigenvalue weighted by Crippen LogP contribution is -2.24. The minimum absolute atomic E-state index is 0.248. The third-order valence-corrected chi connectivity index (χ3v) is 2.36. The van der Waals surface area contributed by atoms with Crippen LogP contribution in [0.15, 0.2) is 11.6 Å². The van der Waals surface area contributed by atoms with Gasteiger partial charge in [0.25, 0.3) is 0 Å². The highest BCUT2D eigenvalue weighted by molar-refractivity contribution is 5.87. The highest BCUT2D eigenvalue weighted by atomic mass is 16.5. The summed E-state index contributed by atoms with van der Waals surface area (Å²) in [6.07, 6.45) is 3.04. The van der Waals surface area contributed by atoms with Crippen LogP contribution in [0.4, 0.5) is 0 Å². The van der Waals surface area contributed by atoms with Gasteiger partial charge in [-0.3, -0.25) is 0 Å².